The number of hydrogen-bond acceptors (Lipinski definition) is 4. The Morgan fingerprint density at radius 1 is 1.25 bits per heavy atom. The van der Waals surface area contributed by atoms with Crippen LogP contribution in [0.15, 0.2) is 18.2 Å². The third-order valence-corrected chi connectivity index (χ3v) is 4.40. The van der Waals surface area contributed by atoms with Gasteiger partial charge in [-0.05, 0) is 18.9 Å². The molecule has 0 radical (unpaired) electrons. The molecule has 0 bridgehead atoms. The van der Waals surface area contributed by atoms with Gasteiger partial charge in [0, 0.05) is 25.2 Å². The van der Waals surface area contributed by atoms with Crippen molar-refractivity contribution in [2.45, 2.75) is 18.4 Å². The molecule has 0 spiro atoms. The number of ether oxygens (including phenoxy) is 2. The standard InChI is InChI=1S/C15H21FN2O2/c16-13-4-1-3-12-14(13)20-8-2-5-15(12,11-17)18-6-9-19-10-7-18/h1,3-4H,2,5-11,17H2. The number of rotatable bonds is 2. The van der Waals surface area contributed by atoms with Crippen molar-refractivity contribution in [1.82, 2.24) is 4.90 Å². The Kier molecular flexibility index (Phi) is 3.92. The van der Waals surface area contributed by atoms with E-state index in [9.17, 15) is 4.39 Å². The Bertz CT molecular complexity index is 477. The molecule has 20 heavy (non-hydrogen) atoms. The predicted octanol–water partition coefficient (Wildman–Crippen LogP) is 1.48. The largest absolute Gasteiger partial charge is 0.490 e. The minimum atomic E-state index is -0.336. The minimum absolute atomic E-state index is 0.296. The molecule has 4 nitrogen and oxygen atoms in total. The molecule has 110 valence electrons. The Morgan fingerprint density at radius 3 is 2.80 bits per heavy atom. The van der Waals surface area contributed by atoms with Crippen LogP contribution in [0.2, 0.25) is 0 Å². The van der Waals surface area contributed by atoms with E-state index in [0.29, 0.717) is 32.1 Å². The summed E-state index contributed by atoms with van der Waals surface area (Å²) in [7, 11) is 0. The number of hydrogen-bond donors (Lipinski definition) is 1. The highest BCUT2D eigenvalue weighted by Gasteiger charge is 2.41. The molecule has 1 aromatic rings. The summed E-state index contributed by atoms with van der Waals surface area (Å²) in [5, 5.41) is 0. The van der Waals surface area contributed by atoms with Crippen molar-refractivity contribution in [3.63, 3.8) is 0 Å². The van der Waals surface area contributed by atoms with Gasteiger partial charge in [0.05, 0.1) is 25.4 Å². The van der Waals surface area contributed by atoms with Crippen LogP contribution in [0.1, 0.15) is 18.4 Å². The molecule has 1 unspecified atom stereocenters. The van der Waals surface area contributed by atoms with Crippen molar-refractivity contribution < 1.29 is 13.9 Å². The molecule has 0 aromatic heterocycles. The smallest absolute Gasteiger partial charge is 0.165 e. The van der Waals surface area contributed by atoms with Gasteiger partial charge in [0.1, 0.15) is 0 Å². The van der Waals surface area contributed by atoms with E-state index >= 15 is 0 Å². The first kappa shape index (κ1) is 13.8. The highest BCUT2D eigenvalue weighted by Crippen LogP contribution is 2.41. The summed E-state index contributed by atoms with van der Waals surface area (Å²) >= 11 is 0. The van der Waals surface area contributed by atoms with Gasteiger partial charge in [-0.3, -0.25) is 4.90 Å². The molecule has 3 rings (SSSR count). The van der Waals surface area contributed by atoms with E-state index in [1.54, 1.807) is 6.07 Å². The number of morpholine rings is 1. The summed E-state index contributed by atoms with van der Waals surface area (Å²) < 4.78 is 25.2. The van der Waals surface area contributed by atoms with Crippen LogP contribution in [0.5, 0.6) is 5.75 Å². The van der Waals surface area contributed by atoms with Gasteiger partial charge in [-0.1, -0.05) is 12.1 Å². The van der Waals surface area contributed by atoms with Crippen molar-refractivity contribution >= 4 is 0 Å². The van der Waals surface area contributed by atoms with Gasteiger partial charge in [0.2, 0.25) is 0 Å². The third kappa shape index (κ3) is 2.20. The van der Waals surface area contributed by atoms with Gasteiger partial charge >= 0.3 is 0 Å². The van der Waals surface area contributed by atoms with Crippen molar-refractivity contribution in [3.05, 3.63) is 29.6 Å². The fourth-order valence-corrected chi connectivity index (χ4v) is 3.36. The lowest BCUT2D eigenvalue weighted by molar-refractivity contribution is -0.0253. The zero-order valence-corrected chi connectivity index (χ0v) is 11.6. The number of fused-ring (bicyclic) bond motifs is 1. The lowest BCUT2D eigenvalue weighted by Gasteiger charge is -2.45. The molecule has 1 aromatic carbocycles. The normalized spacial score (nSPS) is 27.5. The van der Waals surface area contributed by atoms with Crippen molar-refractivity contribution in [2.75, 3.05) is 39.5 Å². The lowest BCUT2D eigenvalue weighted by atomic mass is 9.83. The van der Waals surface area contributed by atoms with Crippen LogP contribution in [0, 0.1) is 5.82 Å². The summed E-state index contributed by atoms with van der Waals surface area (Å²) in [5.74, 6) is 0.0810. The summed E-state index contributed by atoms with van der Waals surface area (Å²) in [5.41, 5.74) is 6.70. The van der Waals surface area contributed by atoms with E-state index in [1.807, 2.05) is 6.07 Å². The highest BCUT2D eigenvalue weighted by atomic mass is 19.1. The molecule has 1 fully saturated rings. The van der Waals surface area contributed by atoms with Crippen molar-refractivity contribution in [3.8, 4) is 5.75 Å². The highest BCUT2D eigenvalue weighted by molar-refractivity contribution is 5.42. The zero-order chi connectivity index (χ0) is 14.0. The number of benzene rings is 1. The SMILES string of the molecule is NCC1(N2CCOCC2)CCCOc2c(F)cccc21. The molecule has 2 N–H and O–H groups in total. The summed E-state index contributed by atoms with van der Waals surface area (Å²) in [6.07, 6.45) is 1.77. The molecule has 2 aliphatic heterocycles. The Labute approximate surface area is 118 Å². The second-order valence-corrected chi connectivity index (χ2v) is 5.40. The predicted molar refractivity (Wildman–Crippen MR) is 74.3 cm³/mol. The summed E-state index contributed by atoms with van der Waals surface area (Å²) in [6, 6.07) is 5.14. The molecule has 2 heterocycles. The van der Waals surface area contributed by atoms with Crippen molar-refractivity contribution in [1.29, 1.82) is 0 Å². The number of nitrogens with zero attached hydrogens (tertiary/aromatic N) is 1. The van der Waals surface area contributed by atoms with E-state index in [0.717, 1.165) is 31.5 Å². The Hall–Kier alpha value is -1.17. The number of nitrogens with two attached hydrogens (primary N) is 1. The summed E-state index contributed by atoms with van der Waals surface area (Å²) in [6.45, 7) is 4.06. The fourth-order valence-electron chi connectivity index (χ4n) is 3.36. The van der Waals surface area contributed by atoms with E-state index in [1.165, 1.54) is 6.07 Å². The molecule has 0 aliphatic carbocycles. The number of para-hydroxylation sites is 1. The second-order valence-electron chi connectivity index (χ2n) is 5.40. The zero-order valence-electron chi connectivity index (χ0n) is 11.6. The third-order valence-electron chi connectivity index (χ3n) is 4.40. The van der Waals surface area contributed by atoms with Crippen LogP contribution in [0.4, 0.5) is 4.39 Å². The molecule has 0 saturated carbocycles. The first-order valence-electron chi connectivity index (χ1n) is 7.22. The van der Waals surface area contributed by atoms with E-state index in [-0.39, 0.29) is 11.4 Å². The molecule has 2 aliphatic rings. The van der Waals surface area contributed by atoms with Crippen LogP contribution in [0.25, 0.3) is 0 Å². The van der Waals surface area contributed by atoms with Gasteiger partial charge in [-0.15, -0.1) is 0 Å². The monoisotopic (exact) mass is 280 g/mol. The average molecular weight is 280 g/mol. The van der Waals surface area contributed by atoms with Crippen LogP contribution in [-0.2, 0) is 10.3 Å². The first-order valence-corrected chi connectivity index (χ1v) is 7.22. The first-order chi connectivity index (χ1) is 9.78. The fraction of sp³-hybridized carbons (Fsp3) is 0.600. The van der Waals surface area contributed by atoms with Crippen molar-refractivity contribution in [2.24, 2.45) is 5.73 Å². The maximum Gasteiger partial charge on any atom is 0.165 e. The molecule has 0 amide bonds. The van der Waals surface area contributed by atoms with Crippen LogP contribution < -0.4 is 10.5 Å². The second kappa shape index (κ2) is 5.68. The van der Waals surface area contributed by atoms with E-state index in [4.69, 9.17) is 15.2 Å². The van der Waals surface area contributed by atoms with Gasteiger partial charge in [-0.2, -0.15) is 0 Å². The van der Waals surface area contributed by atoms with E-state index in [2.05, 4.69) is 4.90 Å². The summed E-state index contributed by atoms with van der Waals surface area (Å²) in [4.78, 5) is 2.34. The minimum Gasteiger partial charge on any atom is -0.490 e. The molecule has 5 heteroatoms. The Morgan fingerprint density at radius 2 is 2.05 bits per heavy atom. The molecular weight excluding hydrogens is 259 g/mol. The quantitative estimate of drug-likeness (QED) is 0.891. The van der Waals surface area contributed by atoms with Crippen LogP contribution >= 0.6 is 0 Å². The average Bonchev–Trinajstić information content (AvgIpc) is 2.69. The molecule has 1 saturated heterocycles. The van der Waals surface area contributed by atoms with E-state index < -0.39 is 0 Å². The Balaban J connectivity index is 2.07. The lowest BCUT2D eigenvalue weighted by Crippen LogP contribution is -2.55. The maximum atomic E-state index is 14.1. The van der Waals surface area contributed by atoms with Crippen LogP contribution in [0.3, 0.4) is 0 Å². The maximum absolute atomic E-state index is 14.1. The molecular formula is C15H21FN2O2. The van der Waals surface area contributed by atoms with Gasteiger partial charge < -0.3 is 15.2 Å². The van der Waals surface area contributed by atoms with Crippen LogP contribution in [-0.4, -0.2) is 44.4 Å². The molecule has 1 atom stereocenters. The van der Waals surface area contributed by atoms with Gasteiger partial charge in [0.25, 0.3) is 0 Å². The topological polar surface area (TPSA) is 47.7 Å². The van der Waals surface area contributed by atoms with Gasteiger partial charge in [0.15, 0.2) is 11.6 Å². The van der Waals surface area contributed by atoms with Gasteiger partial charge in [-0.25, -0.2) is 4.39 Å². The number of halogens is 1.